The van der Waals surface area contributed by atoms with Crippen molar-refractivity contribution >= 4 is 54.9 Å². The Labute approximate surface area is 393 Å². The van der Waals surface area contributed by atoms with E-state index in [4.69, 9.17) is 10.5 Å². The Hall–Kier alpha value is -5.64. The van der Waals surface area contributed by atoms with Crippen molar-refractivity contribution < 1.29 is 22.3 Å². The number of hydrogen-bond donors (Lipinski definition) is 5. The van der Waals surface area contributed by atoms with Gasteiger partial charge in [-0.2, -0.15) is 0 Å². The number of nitrogens with two attached hydrogens (primary N) is 1. The molecule has 4 fully saturated rings. The van der Waals surface area contributed by atoms with Gasteiger partial charge in [0.2, 0.25) is 0 Å². The molecule has 3 saturated heterocycles. The molecule has 6 N–H and O–H groups in total. The number of amides is 1. The minimum atomic E-state index is -4.49. The molecule has 3 aromatic carbocycles. The summed E-state index contributed by atoms with van der Waals surface area (Å²) in [7, 11) is -4.49. The van der Waals surface area contributed by atoms with Crippen molar-refractivity contribution in [3.8, 4) is 11.5 Å². The second kappa shape index (κ2) is 17.8. The lowest BCUT2D eigenvalue weighted by Gasteiger charge is -2.56. The fourth-order valence-corrected chi connectivity index (χ4v) is 12.7. The summed E-state index contributed by atoms with van der Waals surface area (Å²) in [6.45, 7) is 13.0. The van der Waals surface area contributed by atoms with Crippen LogP contribution in [0.25, 0.3) is 21.9 Å². The summed E-state index contributed by atoms with van der Waals surface area (Å²) in [6, 6.07) is 22.5. The molecule has 15 heteroatoms. The lowest BCUT2D eigenvalue weighted by atomic mass is 9.59. The Morgan fingerprint density at radius 3 is 2.46 bits per heavy atom. The number of likely N-dealkylation sites (tertiary alicyclic amines) is 2. The number of fused-ring (bicyclic) bond motifs is 2. The van der Waals surface area contributed by atoms with E-state index in [0.29, 0.717) is 83.4 Å². The highest BCUT2D eigenvalue weighted by atomic mass is 32.2. The lowest BCUT2D eigenvalue weighted by molar-refractivity contribution is -0.0227. The molecule has 1 amide bonds. The number of H-pyrrole nitrogens is 2. The van der Waals surface area contributed by atoms with E-state index >= 15 is 4.39 Å². The normalized spacial score (nSPS) is 20.3. The number of nitrogens with one attached hydrogen (secondary N) is 4. The van der Waals surface area contributed by atoms with Crippen molar-refractivity contribution in [2.24, 2.45) is 5.41 Å². The van der Waals surface area contributed by atoms with Gasteiger partial charge in [-0.25, -0.2) is 22.5 Å². The average Bonchev–Trinajstić information content (AvgIpc) is 4.10. The van der Waals surface area contributed by atoms with Gasteiger partial charge in [0.1, 0.15) is 22.8 Å². The second-order valence-corrected chi connectivity index (χ2v) is 21.9. The van der Waals surface area contributed by atoms with Gasteiger partial charge in [-0.15, -0.1) is 0 Å². The molecule has 354 valence electrons. The number of alkyl halides is 1. The molecule has 6 heterocycles. The largest absolute Gasteiger partial charge is 0.455 e. The van der Waals surface area contributed by atoms with Crippen molar-refractivity contribution in [3.63, 3.8) is 0 Å². The molecular weight excluding hydrogens is 866 g/mol. The number of ether oxygens (including phenoxy) is 1. The number of nitrogen functional groups attached to an aromatic ring is 1. The monoisotopic (exact) mass is 929 g/mol. The summed E-state index contributed by atoms with van der Waals surface area (Å²) in [6.07, 6.45) is 12.8. The number of aromatic nitrogens is 3. The van der Waals surface area contributed by atoms with Gasteiger partial charge in [0.15, 0.2) is 0 Å². The van der Waals surface area contributed by atoms with Crippen LogP contribution in [0.5, 0.6) is 11.5 Å². The Kier molecular flexibility index (Phi) is 12.0. The number of benzene rings is 3. The first kappa shape index (κ1) is 45.2. The molecule has 10 rings (SSSR count). The number of aromatic amines is 2. The molecular formula is C52H64FN9O4S. The van der Waals surface area contributed by atoms with Crippen LogP contribution < -0.4 is 25.4 Å². The molecule has 4 aliphatic rings. The summed E-state index contributed by atoms with van der Waals surface area (Å²) < 4.78 is 53.1. The molecule has 67 heavy (non-hydrogen) atoms. The summed E-state index contributed by atoms with van der Waals surface area (Å²) in [5.41, 5.74) is 10.9. The molecule has 0 unspecified atom stereocenters. The van der Waals surface area contributed by atoms with Crippen molar-refractivity contribution in [1.82, 2.24) is 29.5 Å². The highest BCUT2D eigenvalue weighted by Gasteiger charge is 2.50. The van der Waals surface area contributed by atoms with Crippen molar-refractivity contribution in [2.75, 3.05) is 55.2 Å². The smallest absolute Gasteiger partial charge is 0.268 e. The minimum Gasteiger partial charge on any atom is -0.455 e. The number of anilines is 3. The van der Waals surface area contributed by atoms with Crippen molar-refractivity contribution in [1.29, 1.82) is 0 Å². The van der Waals surface area contributed by atoms with Crippen molar-refractivity contribution in [3.05, 3.63) is 102 Å². The van der Waals surface area contributed by atoms with E-state index in [2.05, 4.69) is 91.7 Å². The SMILES string of the molecule is CC(C)c1ccccc1[C@@H]1CCCN1C1CC2(CCN(c3ccc(C(=O)NS(=O)(=O)c4cc(N)c(NCC5(F)CCN(C(C)C)CC5)c5[nH]ccc45)c(Oc4cnc5[nH]ccc5c4)c3)CC2)C1. The van der Waals surface area contributed by atoms with Gasteiger partial charge in [0.25, 0.3) is 15.9 Å². The number of carbonyl (C=O) groups is 1. The number of piperidine rings is 2. The van der Waals surface area contributed by atoms with E-state index in [0.717, 1.165) is 43.5 Å². The fraction of sp³-hybridized carbons (Fsp3) is 0.462. The first-order valence-electron chi connectivity index (χ1n) is 24.2. The molecule has 3 aromatic heterocycles. The first-order valence-corrected chi connectivity index (χ1v) is 25.6. The van der Waals surface area contributed by atoms with Gasteiger partial charge >= 0.3 is 0 Å². The van der Waals surface area contributed by atoms with Crippen LogP contribution >= 0.6 is 0 Å². The third-order valence-electron chi connectivity index (χ3n) is 15.4. The maximum atomic E-state index is 16.0. The standard InChI is InChI=1S/C52H64FN9O4S/c1-33(2)39-8-5-6-9-40(39)44-10-7-21-62(44)37-29-51(30-37)15-22-61(23-16-51)36-11-12-41(45(27-36)66-38-26-35-13-19-56-49(35)57-31-38)50(63)59-67(64,65)46-28-43(54)48(47-42(46)14-20-55-47)58-32-52(53)17-24-60(25-18-52)34(3)4/h5-6,8-9,11-14,19-20,26-28,31,33-34,37,44,55,58H,7,10,15-18,21-25,29-30,32,54H2,1-4H3,(H,56,57)(H,59,63)/t44-/m0/s1. The lowest BCUT2D eigenvalue weighted by Crippen LogP contribution is -2.54. The molecule has 3 aliphatic heterocycles. The van der Waals surface area contributed by atoms with Crippen LogP contribution in [0.4, 0.5) is 21.5 Å². The first-order chi connectivity index (χ1) is 32.2. The van der Waals surface area contributed by atoms with E-state index in [1.807, 2.05) is 24.3 Å². The van der Waals surface area contributed by atoms with Crippen LogP contribution in [0, 0.1) is 5.41 Å². The van der Waals surface area contributed by atoms with Crippen LogP contribution in [0.1, 0.15) is 113 Å². The molecule has 6 aromatic rings. The summed E-state index contributed by atoms with van der Waals surface area (Å²) in [5, 5.41) is 4.33. The summed E-state index contributed by atoms with van der Waals surface area (Å²) in [5.74, 6) is 0.253. The number of carbonyl (C=O) groups excluding carboxylic acids is 1. The van der Waals surface area contributed by atoms with Crippen LogP contribution in [-0.2, 0) is 10.0 Å². The number of sulfonamides is 1. The van der Waals surface area contributed by atoms with Gasteiger partial charge in [0.05, 0.1) is 33.5 Å². The van der Waals surface area contributed by atoms with Crippen LogP contribution in [0.3, 0.4) is 0 Å². The third-order valence-corrected chi connectivity index (χ3v) is 16.8. The number of pyridine rings is 1. The summed E-state index contributed by atoms with van der Waals surface area (Å²) >= 11 is 0. The number of hydrogen-bond acceptors (Lipinski definition) is 10. The Morgan fingerprint density at radius 1 is 0.940 bits per heavy atom. The fourth-order valence-electron chi connectivity index (χ4n) is 11.5. The van der Waals surface area contributed by atoms with Gasteiger partial charge in [-0.1, -0.05) is 38.1 Å². The zero-order valence-electron chi connectivity index (χ0n) is 39.1. The zero-order chi connectivity index (χ0) is 46.7. The second-order valence-electron chi connectivity index (χ2n) is 20.3. The van der Waals surface area contributed by atoms with E-state index in [9.17, 15) is 13.2 Å². The number of rotatable bonds is 13. The molecule has 1 spiro atoms. The Morgan fingerprint density at radius 2 is 1.70 bits per heavy atom. The number of halogens is 1. The van der Waals surface area contributed by atoms with Gasteiger partial charge in [0, 0.05) is 85.8 Å². The molecule has 1 aliphatic carbocycles. The third kappa shape index (κ3) is 8.86. The maximum Gasteiger partial charge on any atom is 0.268 e. The molecule has 1 saturated carbocycles. The van der Waals surface area contributed by atoms with E-state index in [-0.39, 0.29) is 28.4 Å². The average molecular weight is 930 g/mol. The van der Waals surface area contributed by atoms with E-state index in [1.54, 1.807) is 30.7 Å². The number of nitrogens with zero attached hydrogens (tertiary/aromatic N) is 4. The van der Waals surface area contributed by atoms with Gasteiger partial charge in [-0.05, 0) is 131 Å². The predicted molar refractivity (Wildman–Crippen MR) is 264 cm³/mol. The minimum absolute atomic E-state index is 0.0256. The van der Waals surface area contributed by atoms with Gasteiger partial charge < -0.3 is 35.6 Å². The van der Waals surface area contributed by atoms with Crippen molar-refractivity contribution in [2.45, 2.75) is 114 Å². The molecule has 1 atom stereocenters. The topological polar surface area (TPSA) is 165 Å². The van der Waals surface area contributed by atoms with Gasteiger partial charge in [-0.3, -0.25) is 9.69 Å². The molecule has 0 radical (unpaired) electrons. The Balaban J connectivity index is 0.852. The highest BCUT2D eigenvalue weighted by Crippen LogP contribution is 2.54. The zero-order valence-corrected chi connectivity index (χ0v) is 39.9. The molecule has 13 nitrogen and oxygen atoms in total. The van der Waals surface area contributed by atoms with Crippen LogP contribution in [-0.4, -0.2) is 96.1 Å². The van der Waals surface area contributed by atoms with Crippen LogP contribution in [0.2, 0.25) is 0 Å². The quantitative estimate of drug-likeness (QED) is 0.0705. The summed E-state index contributed by atoms with van der Waals surface area (Å²) in [4.78, 5) is 32.1. The highest BCUT2D eigenvalue weighted by molar-refractivity contribution is 7.90. The van der Waals surface area contributed by atoms with E-state index in [1.165, 1.54) is 42.9 Å². The Bertz CT molecular complexity index is 2890. The van der Waals surface area contributed by atoms with Crippen LogP contribution in [0.15, 0.2) is 90.2 Å². The van der Waals surface area contributed by atoms with E-state index < -0.39 is 21.6 Å². The predicted octanol–water partition coefficient (Wildman–Crippen LogP) is 9.87. The molecule has 0 bridgehead atoms. The maximum absolute atomic E-state index is 16.0.